The summed E-state index contributed by atoms with van der Waals surface area (Å²) in [5, 5.41) is 3.37. The van der Waals surface area contributed by atoms with Crippen LogP contribution >= 0.6 is 0 Å². The van der Waals surface area contributed by atoms with Gasteiger partial charge in [0.25, 0.3) is 0 Å². The maximum Gasteiger partial charge on any atom is 0.222 e. The third kappa shape index (κ3) is 5.82. The van der Waals surface area contributed by atoms with Gasteiger partial charge in [-0.25, -0.2) is 4.39 Å². The van der Waals surface area contributed by atoms with E-state index >= 15 is 0 Å². The van der Waals surface area contributed by atoms with Crippen molar-refractivity contribution in [3.63, 3.8) is 0 Å². The highest BCUT2D eigenvalue weighted by molar-refractivity contribution is 5.76. The van der Waals surface area contributed by atoms with Gasteiger partial charge in [0.05, 0.1) is 6.61 Å². The van der Waals surface area contributed by atoms with Crippen LogP contribution < -0.4 is 10.1 Å². The van der Waals surface area contributed by atoms with E-state index in [9.17, 15) is 9.18 Å². The molecule has 0 atom stereocenters. The SMILES string of the molecule is CCNCC1CCN(C(=O)CCCOc2ccccc2F)CC1. The number of amides is 1. The Labute approximate surface area is 138 Å². The number of rotatable bonds is 8. The predicted molar refractivity (Wildman–Crippen MR) is 89.0 cm³/mol. The molecule has 0 bridgehead atoms. The van der Waals surface area contributed by atoms with Crippen LogP contribution in [0.15, 0.2) is 24.3 Å². The van der Waals surface area contributed by atoms with Crippen molar-refractivity contribution in [2.45, 2.75) is 32.6 Å². The zero-order chi connectivity index (χ0) is 16.5. The Hall–Kier alpha value is -1.62. The van der Waals surface area contributed by atoms with E-state index in [-0.39, 0.29) is 17.5 Å². The molecule has 1 amide bonds. The van der Waals surface area contributed by atoms with Crippen molar-refractivity contribution < 1.29 is 13.9 Å². The largest absolute Gasteiger partial charge is 0.491 e. The molecule has 2 rings (SSSR count). The second kappa shape index (κ2) is 9.50. The molecule has 1 aliphatic rings. The number of ether oxygens (including phenoxy) is 1. The summed E-state index contributed by atoms with van der Waals surface area (Å²) in [6, 6.07) is 6.34. The lowest BCUT2D eigenvalue weighted by Crippen LogP contribution is -2.40. The number of nitrogens with one attached hydrogen (secondary N) is 1. The fraction of sp³-hybridized carbons (Fsp3) is 0.611. The molecule has 0 saturated carbocycles. The molecule has 1 fully saturated rings. The highest BCUT2D eigenvalue weighted by Crippen LogP contribution is 2.18. The van der Waals surface area contributed by atoms with Crippen LogP contribution in [0, 0.1) is 11.7 Å². The first kappa shape index (κ1) is 17.7. The van der Waals surface area contributed by atoms with Crippen LogP contribution in [-0.4, -0.2) is 43.6 Å². The molecule has 128 valence electrons. The number of para-hydroxylation sites is 1. The summed E-state index contributed by atoms with van der Waals surface area (Å²) in [7, 11) is 0. The van der Waals surface area contributed by atoms with E-state index in [1.165, 1.54) is 6.07 Å². The molecule has 5 heteroatoms. The van der Waals surface area contributed by atoms with Crippen LogP contribution in [-0.2, 0) is 4.79 Å². The molecule has 23 heavy (non-hydrogen) atoms. The van der Waals surface area contributed by atoms with Crippen molar-refractivity contribution >= 4 is 5.91 Å². The van der Waals surface area contributed by atoms with E-state index in [1.807, 2.05) is 4.90 Å². The van der Waals surface area contributed by atoms with Crippen LogP contribution in [0.4, 0.5) is 4.39 Å². The summed E-state index contributed by atoms with van der Waals surface area (Å²) in [4.78, 5) is 14.1. The third-order valence-electron chi connectivity index (χ3n) is 4.28. The van der Waals surface area contributed by atoms with Gasteiger partial charge in [-0.1, -0.05) is 19.1 Å². The second-order valence-corrected chi connectivity index (χ2v) is 6.01. The van der Waals surface area contributed by atoms with Gasteiger partial charge in [0.15, 0.2) is 11.6 Å². The average Bonchev–Trinajstić information content (AvgIpc) is 2.58. The smallest absolute Gasteiger partial charge is 0.222 e. The number of halogens is 1. The topological polar surface area (TPSA) is 41.6 Å². The molecule has 1 aromatic rings. The van der Waals surface area contributed by atoms with E-state index in [1.54, 1.807) is 18.2 Å². The van der Waals surface area contributed by atoms with Crippen LogP contribution in [0.5, 0.6) is 5.75 Å². The van der Waals surface area contributed by atoms with E-state index in [0.717, 1.165) is 39.0 Å². The molecule has 1 N–H and O–H groups in total. The first-order valence-corrected chi connectivity index (χ1v) is 8.56. The van der Waals surface area contributed by atoms with Crippen molar-refractivity contribution in [3.8, 4) is 5.75 Å². The van der Waals surface area contributed by atoms with Gasteiger partial charge in [0, 0.05) is 19.5 Å². The summed E-state index contributed by atoms with van der Waals surface area (Å²) >= 11 is 0. The van der Waals surface area contributed by atoms with Gasteiger partial charge in [-0.15, -0.1) is 0 Å². The summed E-state index contributed by atoms with van der Waals surface area (Å²) < 4.78 is 18.8. The molecule has 1 heterocycles. The normalized spacial score (nSPS) is 15.7. The maximum atomic E-state index is 13.4. The lowest BCUT2D eigenvalue weighted by atomic mass is 9.96. The predicted octanol–water partition coefficient (Wildman–Crippen LogP) is 2.83. The zero-order valence-electron chi connectivity index (χ0n) is 13.9. The summed E-state index contributed by atoms with van der Waals surface area (Å²) in [6.07, 6.45) is 3.23. The minimum atomic E-state index is -0.360. The van der Waals surface area contributed by atoms with Gasteiger partial charge in [-0.2, -0.15) is 0 Å². The fourth-order valence-corrected chi connectivity index (χ4v) is 2.86. The Morgan fingerprint density at radius 3 is 2.78 bits per heavy atom. The molecule has 1 aromatic carbocycles. The molecule has 0 radical (unpaired) electrons. The molecule has 0 aliphatic carbocycles. The number of benzene rings is 1. The van der Waals surface area contributed by atoms with Gasteiger partial charge < -0.3 is 15.0 Å². The van der Waals surface area contributed by atoms with Gasteiger partial charge in [-0.05, 0) is 50.4 Å². The quantitative estimate of drug-likeness (QED) is 0.748. The Morgan fingerprint density at radius 2 is 2.09 bits per heavy atom. The van der Waals surface area contributed by atoms with E-state index < -0.39 is 0 Å². The monoisotopic (exact) mass is 322 g/mol. The van der Waals surface area contributed by atoms with Gasteiger partial charge in [0.1, 0.15) is 0 Å². The Bertz CT molecular complexity index is 488. The fourth-order valence-electron chi connectivity index (χ4n) is 2.86. The first-order valence-electron chi connectivity index (χ1n) is 8.56. The van der Waals surface area contributed by atoms with Crippen molar-refractivity contribution in [2.24, 2.45) is 5.92 Å². The number of hydrogen-bond acceptors (Lipinski definition) is 3. The molecule has 1 saturated heterocycles. The average molecular weight is 322 g/mol. The number of carbonyl (C=O) groups is 1. The first-order chi connectivity index (χ1) is 11.2. The lowest BCUT2D eigenvalue weighted by Gasteiger charge is -2.32. The van der Waals surface area contributed by atoms with Crippen molar-refractivity contribution in [3.05, 3.63) is 30.1 Å². The Kier molecular flexibility index (Phi) is 7.33. The van der Waals surface area contributed by atoms with Crippen LogP contribution in [0.25, 0.3) is 0 Å². The molecule has 1 aliphatic heterocycles. The number of carbonyl (C=O) groups excluding carboxylic acids is 1. The second-order valence-electron chi connectivity index (χ2n) is 6.01. The van der Waals surface area contributed by atoms with E-state index in [2.05, 4.69) is 12.2 Å². The molecule has 0 unspecified atom stereocenters. The number of piperidine rings is 1. The highest BCUT2D eigenvalue weighted by Gasteiger charge is 2.22. The minimum absolute atomic E-state index is 0.184. The van der Waals surface area contributed by atoms with Crippen LogP contribution in [0.2, 0.25) is 0 Å². The molecule has 4 nitrogen and oxygen atoms in total. The standard InChI is InChI=1S/C18H27FN2O2/c1-2-20-14-15-9-11-21(12-10-15)18(22)8-5-13-23-17-7-4-3-6-16(17)19/h3-4,6-7,15,20H,2,5,8-14H2,1H3. The third-order valence-corrected chi connectivity index (χ3v) is 4.28. The summed E-state index contributed by atoms with van der Waals surface area (Å²) in [6.45, 7) is 6.23. The van der Waals surface area contributed by atoms with Crippen LogP contribution in [0.3, 0.4) is 0 Å². The minimum Gasteiger partial charge on any atom is -0.491 e. The maximum absolute atomic E-state index is 13.4. The van der Waals surface area contributed by atoms with Gasteiger partial charge >= 0.3 is 0 Å². The molecule has 0 spiro atoms. The lowest BCUT2D eigenvalue weighted by molar-refractivity contribution is -0.132. The van der Waals surface area contributed by atoms with Crippen molar-refractivity contribution in [1.82, 2.24) is 10.2 Å². The summed E-state index contributed by atoms with van der Waals surface area (Å²) in [5.41, 5.74) is 0. The van der Waals surface area contributed by atoms with Crippen molar-refractivity contribution in [2.75, 3.05) is 32.8 Å². The van der Waals surface area contributed by atoms with Crippen molar-refractivity contribution in [1.29, 1.82) is 0 Å². The van der Waals surface area contributed by atoms with E-state index in [0.29, 0.717) is 25.4 Å². The van der Waals surface area contributed by atoms with Crippen LogP contribution in [0.1, 0.15) is 32.6 Å². The number of hydrogen-bond donors (Lipinski definition) is 1. The Balaban J connectivity index is 1.61. The molecular formula is C18H27FN2O2. The highest BCUT2D eigenvalue weighted by atomic mass is 19.1. The van der Waals surface area contributed by atoms with Gasteiger partial charge in [0.2, 0.25) is 5.91 Å². The Morgan fingerprint density at radius 1 is 1.35 bits per heavy atom. The van der Waals surface area contributed by atoms with E-state index in [4.69, 9.17) is 4.74 Å². The zero-order valence-corrected chi connectivity index (χ0v) is 13.9. The molecular weight excluding hydrogens is 295 g/mol. The van der Waals surface area contributed by atoms with Gasteiger partial charge in [-0.3, -0.25) is 4.79 Å². The molecule has 0 aromatic heterocycles. The number of nitrogens with zero attached hydrogens (tertiary/aromatic N) is 1. The summed E-state index contributed by atoms with van der Waals surface area (Å²) in [5.74, 6) is 0.762. The number of likely N-dealkylation sites (tertiary alicyclic amines) is 1.